The molecule has 0 spiro atoms. The highest BCUT2D eigenvalue weighted by Gasteiger charge is 2.21. The molecule has 1 aliphatic rings. The van der Waals surface area contributed by atoms with Crippen LogP contribution in [0.5, 0.6) is 0 Å². The molecule has 0 radical (unpaired) electrons. The van der Waals surface area contributed by atoms with E-state index in [-0.39, 0.29) is 12.6 Å². The predicted molar refractivity (Wildman–Crippen MR) is 68.3 cm³/mol. The molecule has 1 atom stereocenters. The third-order valence-corrected chi connectivity index (χ3v) is 3.38. The zero-order valence-corrected chi connectivity index (χ0v) is 10.6. The topological polar surface area (TPSA) is 49.8 Å². The van der Waals surface area contributed by atoms with Crippen molar-refractivity contribution in [2.24, 2.45) is 5.92 Å². The Hall–Kier alpha value is -1.39. The number of esters is 1. The van der Waals surface area contributed by atoms with E-state index in [2.05, 4.69) is 4.90 Å². The van der Waals surface area contributed by atoms with Crippen LogP contribution in [0.25, 0.3) is 0 Å². The molecular formula is C14H19NO3. The first-order chi connectivity index (χ1) is 8.72. The maximum Gasteiger partial charge on any atom is 0.337 e. The summed E-state index contributed by atoms with van der Waals surface area (Å²) in [7, 11) is 1.39. The highest BCUT2D eigenvalue weighted by molar-refractivity contribution is 5.89. The van der Waals surface area contributed by atoms with Gasteiger partial charge >= 0.3 is 5.97 Å². The minimum absolute atomic E-state index is 0.263. The Bertz CT molecular complexity index is 419. The third kappa shape index (κ3) is 3.09. The molecule has 1 fully saturated rings. The zero-order chi connectivity index (χ0) is 13.0. The number of methoxy groups -OCH3 is 1. The lowest BCUT2D eigenvalue weighted by atomic mass is 10.1. The van der Waals surface area contributed by atoms with E-state index in [0.717, 1.165) is 31.6 Å². The number of carbonyl (C=O) groups excluding carboxylic acids is 1. The van der Waals surface area contributed by atoms with Crippen molar-refractivity contribution in [1.82, 2.24) is 4.90 Å². The van der Waals surface area contributed by atoms with Crippen LogP contribution in [0.3, 0.4) is 0 Å². The Morgan fingerprint density at radius 1 is 1.56 bits per heavy atom. The Morgan fingerprint density at radius 2 is 2.39 bits per heavy atom. The monoisotopic (exact) mass is 249 g/mol. The van der Waals surface area contributed by atoms with E-state index in [9.17, 15) is 4.79 Å². The second-order valence-electron chi connectivity index (χ2n) is 4.76. The van der Waals surface area contributed by atoms with Gasteiger partial charge in [0.15, 0.2) is 0 Å². The van der Waals surface area contributed by atoms with E-state index in [1.165, 1.54) is 7.11 Å². The van der Waals surface area contributed by atoms with Crippen molar-refractivity contribution >= 4 is 5.97 Å². The number of benzene rings is 1. The predicted octanol–water partition coefficient (Wildman–Crippen LogP) is 1.29. The molecule has 1 aliphatic heterocycles. The molecule has 0 aliphatic carbocycles. The van der Waals surface area contributed by atoms with E-state index >= 15 is 0 Å². The minimum atomic E-state index is -0.300. The fourth-order valence-corrected chi connectivity index (χ4v) is 2.38. The Balaban J connectivity index is 1.99. The fourth-order valence-electron chi connectivity index (χ4n) is 2.38. The molecule has 4 heteroatoms. The lowest BCUT2D eigenvalue weighted by molar-refractivity contribution is 0.0600. The SMILES string of the molecule is COC(=O)c1cccc(CN2CCC(CO)C2)c1. The number of ether oxygens (including phenoxy) is 1. The maximum atomic E-state index is 11.4. The standard InChI is InChI=1S/C14H19NO3/c1-18-14(17)13-4-2-3-11(7-13)8-15-6-5-12(9-15)10-16/h2-4,7,12,16H,5-6,8-10H2,1H3. The van der Waals surface area contributed by atoms with Crippen LogP contribution in [0, 0.1) is 5.92 Å². The molecule has 1 aromatic rings. The van der Waals surface area contributed by atoms with Crippen LogP contribution in [0.15, 0.2) is 24.3 Å². The summed E-state index contributed by atoms with van der Waals surface area (Å²) in [6, 6.07) is 7.52. The summed E-state index contributed by atoms with van der Waals surface area (Å²) in [5.74, 6) is 0.0975. The van der Waals surface area contributed by atoms with Crippen LogP contribution in [-0.4, -0.2) is 42.8 Å². The summed E-state index contributed by atoms with van der Waals surface area (Å²) in [5.41, 5.74) is 1.70. The summed E-state index contributed by atoms with van der Waals surface area (Å²) >= 11 is 0. The van der Waals surface area contributed by atoms with E-state index in [1.54, 1.807) is 6.07 Å². The molecule has 0 amide bonds. The maximum absolute atomic E-state index is 11.4. The summed E-state index contributed by atoms with van der Waals surface area (Å²) in [6.07, 6.45) is 1.05. The van der Waals surface area contributed by atoms with Crippen molar-refractivity contribution in [3.8, 4) is 0 Å². The quantitative estimate of drug-likeness (QED) is 0.817. The van der Waals surface area contributed by atoms with Crippen LogP contribution in [0.4, 0.5) is 0 Å². The summed E-state index contributed by atoms with van der Waals surface area (Å²) in [6.45, 7) is 3.02. The first-order valence-electron chi connectivity index (χ1n) is 6.23. The van der Waals surface area contributed by atoms with E-state index < -0.39 is 0 Å². The third-order valence-electron chi connectivity index (χ3n) is 3.38. The normalized spacial score (nSPS) is 20.0. The molecule has 0 bridgehead atoms. The molecule has 1 heterocycles. The number of aliphatic hydroxyl groups excluding tert-OH is 1. The summed E-state index contributed by atoms with van der Waals surface area (Å²) in [5, 5.41) is 9.11. The second-order valence-corrected chi connectivity index (χ2v) is 4.76. The summed E-state index contributed by atoms with van der Waals surface area (Å²) in [4.78, 5) is 13.7. The fraction of sp³-hybridized carbons (Fsp3) is 0.500. The lowest BCUT2D eigenvalue weighted by Crippen LogP contribution is -2.21. The Kier molecular flexibility index (Phi) is 4.33. The van der Waals surface area contributed by atoms with Gasteiger partial charge in [-0.3, -0.25) is 4.90 Å². The molecular weight excluding hydrogens is 230 g/mol. The second kappa shape index (κ2) is 5.98. The van der Waals surface area contributed by atoms with Gasteiger partial charge in [0.05, 0.1) is 12.7 Å². The number of aliphatic hydroxyl groups is 1. The van der Waals surface area contributed by atoms with Crippen molar-refractivity contribution in [2.75, 3.05) is 26.8 Å². The van der Waals surface area contributed by atoms with Crippen LogP contribution >= 0.6 is 0 Å². The highest BCUT2D eigenvalue weighted by Crippen LogP contribution is 2.18. The first-order valence-corrected chi connectivity index (χ1v) is 6.23. The Morgan fingerprint density at radius 3 is 3.06 bits per heavy atom. The van der Waals surface area contributed by atoms with Gasteiger partial charge in [-0.05, 0) is 36.6 Å². The number of rotatable bonds is 4. The average Bonchev–Trinajstić information content (AvgIpc) is 2.86. The van der Waals surface area contributed by atoms with Gasteiger partial charge in [-0.15, -0.1) is 0 Å². The van der Waals surface area contributed by atoms with Gasteiger partial charge in [-0.2, -0.15) is 0 Å². The molecule has 1 unspecified atom stereocenters. The largest absolute Gasteiger partial charge is 0.465 e. The van der Waals surface area contributed by atoms with Crippen molar-refractivity contribution in [3.05, 3.63) is 35.4 Å². The number of carbonyl (C=O) groups is 1. The number of likely N-dealkylation sites (tertiary alicyclic amines) is 1. The van der Waals surface area contributed by atoms with Gasteiger partial charge in [0.1, 0.15) is 0 Å². The van der Waals surface area contributed by atoms with Crippen molar-refractivity contribution < 1.29 is 14.6 Å². The molecule has 18 heavy (non-hydrogen) atoms. The number of hydrogen-bond donors (Lipinski definition) is 1. The molecule has 2 rings (SSSR count). The van der Waals surface area contributed by atoms with Gasteiger partial charge in [0.2, 0.25) is 0 Å². The molecule has 1 saturated heterocycles. The molecule has 98 valence electrons. The molecule has 1 N–H and O–H groups in total. The van der Waals surface area contributed by atoms with Crippen molar-refractivity contribution in [3.63, 3.8) is 0 Å². The summed E-state index contributed by atoms with van der Waals surface area (Å²) < 4.78 is 4.71. The highest BCUT2D eigenvalue weighted by atomic mass is 16.5. The minimum Gasteiger partial charge on any atom is -0.465 e. The van der Waals surface area contributed by atoms with Gasteiger partial charge < -0.3 is 9.84 Å². The number of hydrogen-bond acceptors (Lipinski definition) is 4. The van der Waals surface area contributed by atoms with Crippen LogP contribution in [-0.2, 0) is 11.3 Å². The van der Waals surface area contributed by atoms with Gasteiger partial charge in [-0.25, -0.2) is 4.79 Å². The zero-order valence-electron chi connectivity index (χ0n) is 10.6. The lowest BCUT2D eigenvalue weighted by Gasteiger charge is -2.15. The van der Waals surface area contributed by atoms with Gasteiger partial charge in [0.25, 0.3) is 0 Å². The van der Waals surface area contributed by atoms with E-state index in [1.807, 2.05) is 18.2 Å². The van der Waals surface area contributed by atoms with Gasteiger partial charge in [0, 0.05) is 19.7 Å². The van der Waals surface area contributed by atoms with E-state index in [4.69, 9.17) is 9.84 Å². The first kappa shape index (κ1) is 13.1. The smallest absolute Gasteiger partial charge is 0.337 e. The molecule has 4 nitrogen and oxygen atoms in total. The van der Waals surface area contributed by atoms with Crippen LogP contribution in [0.1, 0.15) is 22.3 Å². The molecule has 0 saturated carbocycles. The number of nitrogens with zero attached hydrogens (tertiary/aromatic N) is 1. The van der Waals surface area contributed by atoms with Gasteiger partial charge in [-0.1, -0.05) is 12.1 Å². The van der Waals surface area contributed by atoms with Crippen LogP contribution in [0.2, 0.25) is 0 Å². The average molecular weight is 249 g/mol. The van der Waals surface area contributed by atoms with Crippen molar-refractivity contribution in [2.45, 2.75) is 13.0 Å². The molecule has 1 aromatic carbocycles. The Labute approximate surface area is 107 Å². The van der Waals surface area contributed by atoms with Crippen LogP contribution < -0.4 is 0 Å². The van der Waals surface area contributed by atoms with E-state index in [0.29, 0.717) is 11.5 Å². The molecule has 0 aromatic heterocycles. The van der Waals surface area contributed by atoms with Crippen molar-refractivity contribution in [1.29, 1.82) is 0 Å².